The maximum absolute atomic E-state index is 12.8. The molecular formula is C24H22N2OS. The molecular weight excluding hydrogens is 364 g/mol. The number of nitrogens with one attached hydrogen (secondary N) is 1. The van der Waals surface area contributed by atoms with Gasteiger partial charge in [-0.2, -0.15) is 0 Å². The van der Waals surface area contributed by atoms with E-state index in [2.05, 4.69) is 60.5 Å². The number of aromatic nitrogens is 1. The molecule has 4 aromatic rings. The SMILES string of the molecule is Cc1cc2nc(NC(=O)CC(c3ccccc3)c3ccccc3)sc2cc1C. The summed E-state index contributed by atoms with van der Waals surface area (Å²) in [4.78, 5) is 17.4. The Hall–Kier alpha value is -2.98. The lowest BCUT2D eigenvalue weighted by Crippen LogP contribution is -2.16. The van der Waals surface area contributed by atoms with Crippen molar-refractivity contribution in [2.75, 3.05) is 5.32 Å². The molecule has 1 heterocycles. The summed E-state index contributed by atoms with van der Waals surface area (Å²) in [7, 11) is 0. The molecule has 0 spiro atoms. The van der Waals surface area contributed by atoms with Crippen LogP contribution >= 0.6 is 11.3 Å². The standard InChI is InChI=1S/C24H22N2OS/c1-16-13-21-22(14-17(16)2)28-24(25-21)26-23(27)15-20(18-9-5-3-6-10-18)19-11-7-4-8-12-19/h3-14,20H,15H2,1-2H3,(H,25,26,27). The van der Waals surface area contributed by atoms with Gasteiger partial charge in [0.1, 0.15) is 0 Å². The summed E-state index contributed by atoms with van der Waals surface area (Å²) in [6, 6.07) is 24.6. The van der Waals surface area contributed by atoms with Crippen LogP contribution in [-0.2, 0) is 4.79 Å². The fourth-order valence-electron chi connectivity index (χ4n) is 3.39. The molecule has 0 saturated carbocycles. The molecule has 0 aliphatic carbocycles. The molecule has 3 aromatic carbocycles. The quantitative estimate of drug-likeness (QED) is 0.452. The van der Waals surface area contributed by atoms with E-state index in [0.717, 1.165) is 21.3 Å². The second kappa shape index (κ2) is 7.95. The third-order valence-corrected chi connectivity index (χ3v) is 5.98. The van der Waals surface area contributed by atoms with Crippen LogP contribution in [0.15, 0.2) is 72.8 Å². The summed E-state index contributed by atoms with van der Waals surface area (Å²) in [6.07, 6.45) is 0.377. The average molecular weight is 387 g/mol. The van der Waals surface area contributed by atoms with Crippen LogP contribution in [0.1, 0.15) is 34.6 Å². The molecule has 0 unspecified atom stereocenters. The summed E-state index contributed by atoms with van der Waals surface area (Å²) in [5, 5.41) is 3.67. The fraction of sp³-hybridized carbons (Fsp3) is 0.167. The van der Waals surface area contributed by atoms with Gasteiger partial charge in [0.05, 0.1) is 10.2 Å². The molecule has 28 heavy (non-hydrogen) atoms. The van der Waals surface area contributed by atoms with Crippen molar-refractivity contribution in [3.05, 3.63) is 95.1 Å². The second-order valence-corrected chi connectivity index (χ2v) is 8.08. The van der Waals surface area contributed by atoms with E-state index in [4.69, 9.17) is 0 Å². The topological polar surface area (TPSA) is 42.0 Å². The number of hydrogen-bond donors (Lipinski definition) is 1. The smallest absolute Gasteiger partial charge is 0.227 e. The highest BCUT2D eigenvalue weighted by Crippen LogP contribution is 2.31. The van der Waals surface area contributed by atoms with E-state index in [0.29, 0.717) is 11.6 Å². The summed E-state index contributed by atoms with van der Waals surface area (Å²) in [5.41, 5.74) is 5.66. The highest BCUT2D eigenvalue weighted by molar-refractivity contribution is 7.22. The van der Waals surface area contributed by atoms with E-state index in [1.54, 1.807) is 0 Å². The van der Waals surface area contributed by atoms with Crippen LogP contribution in [0, 0.1) is 13.8 Å². The molecule has 1 N–H and O–H groups in total. The van der Waals surface area contributed by atoms with E-state index in [9.17, 15) is 4.79 Å². The van der Waals surface area contributed by atoms with Crippen LogP contribution < -0.4 is 5.32 Å². The number of amides is 1. The molecule has 1 amide bonds. The molecule has 0 aliphatic rings. The fourth-order valence-corrected chi connectivity index (χ4v) is 4.35. The Kier molecular flexibility index (Phi) is 5.22. The number of rotatable bonds is 5. The molecule has 0 saturated heterocycles. The zero-order valence-electron chi connectivity index (χ0n) is 16.0. The van der Waals surface area contributed by atoms with Crippen molar-refractivity contribution in [3.63, 3.8) is 0 Å². The number of anilines is 1. The molecule has 0 atom stereocenters. The molecule has 140 valence electrons. The van der Waals surface area contributed by atoms with Crippen LogP contribution in [-0.4, -0.2) is 10.9 Å². The molecule has 0 bridgehead atoms. The summed E-state index contributed by atoms with van der Waals surface area (Å²) in [6.45, 7) is 4.17. The van der Waals surface area contributed by atoms with E-state index >= 15 is 0 Å². The first kappa shape index (κ1) is 18.4. The van der Waals surface area contributed by atoms with Crippen LogP contribution in [0.2, 0.25) is 0 Å². The van der Waals surface area contributed by atoms with Crippen molar-refractivity contribution in [2.24, 2.45) is 0 Å². The molecule has 0 fully saturated rings. The van der Waals surface area contributed by atoms with E-state index in [-0.39, 0.29) is 11.8 Å². The van der Waals surface area contributed by atoms with Crippen molar-refractivity contribution >= 4 is 32.6 Å². The maximum atomic E-state index is 12.8. The zero-order valence-corrected chi connectivity index (χ0v) is 16.8. The Balaban J connectivity index is 1.56. The van der Waals surface area contributed by atoms with Gasteiger partial charge in [-0.05, 0) is 48.2 Å². The van der Waals surface area contributed by atoms with Gasteiger partial charge < -0.3 is 5.32 Å². The summed E-state index contributed by atoms with van der Waals surface area (Å²) >= 11 is 1.52. The van der Waals surface area contributed by atoms with Crippen molar-refractivity contribution in [3.8, 4) is 0 Å². The summed E-state index contributed by atoms with van der Waals surface area (Å²) < 4.78 is 1.10. The lowest BCUT2D eigenvalue weighted by Gasteiger charge is -2.17. The molecule has 4 rings (SSSR count). The van der Waals surface area contributed by atoms with Crippen LogP contribution in [0.4, 0.5) is 5.13 Å². The number of carbonyl (C=O) groups excluding carboxylic acids is 1. The van der Waals surface area contributed by atoms with Gasteiger partial charge in [-0.1, -0.05) is 72.0 Å². The van der Waals surface area contributed by atoms with Crippen LogP contribution in [0.25, 0.3) is 10.2 Å². The molecule has 1 aromatic heterocycles. The minimum absolute atomic E-state index is 0.0151. The van der Waals surface area contributed by atoms with Gasteiger partial charge in [0.25, 0.3) is 0 Å². The van der Waals surface area contributed by atoms with Gasteiger partial charge in [0.2, 0.25) is 5.91 Å². The maximum Gasteiger partial charge on any atom is 0.227 e. The third kappa shape index (κ3) is 3.97. The van der Waals surface area contributed by atoms with Crippen molar-refractivity contribution in [1.29, 1.82) is 0 Å². The largest absolute Gasteiger partial charge is 0.302 e. The Morgan fingerprint density at radius 1 is 0.929 bits per heavy atom. The minimum Gasteiger partial charge on any atom is -0.302 e. The number of fused-ring (bicyclic) bond motifs is 1. The first-order valence-electron chi connectivity index (χ1n) is 9.37. The Labute approximate surface area is 169 Å². The van der Waals surface area contributed by atoms with E-state index in [1.807, 2.05) is 36.4 Å². The molecule has 0 radical (unpaired) electrons. The first-order valence-corrected chi connectivity index (χ1v) is 10.2. The normalized spacial score (nSPS) is 11.1. The van der Waals surface area contributed by atoms with Gasteiger partial charge in [-0.25, -0.2) is 4.98 Å². The van der Waals surface area contributed by atoms with Gasteiger partial charge >= 0.3 is 0 Å². The predicted molar refractivity (Wildman–Crippen MR) is 117 cm³/mol. The van der Waals surface area contributed by atoms with Gasteiger partial charge in [-0.3, -0.25) is 4.79 Å². The molecule has 3 nitrogen and oxygen atoms in total. The Morgan fingerprint density at radius 3 is 2.11 bits per heavy atom. The van der Waals surface area contributed by atoms with E-state index in [1.165, 1.54) is 22.5 Å². The number of aryl methyl sites for hydroxylation is 2. The first-order chi connectivity index (χ1) is 13.6. The highest BCUT2D eigenvalue weighted by Gasteiger charge is 2.19. The number of hydrogen-bond acceptors (Lipinski definition) is 3. The van der Waals surface area contributed by atoms with Gasteiger partial charge in [0, 0.05) is 12.3 Å². The van der Waals surface area contributed by atoms with Gasteiger partial charge in [-0.15, -0.1) is 0 Å². The number of nitrogens with zero attached hydrogens (tertiary/aromatic N) is 1. The van der Waals surface area contributed by atoms with E-state index < -0.39 is 0 Å². The van der Waals surface area contributed by atoms with Crippen molar-refractivity contribution in [1.82, 2.24) is 4.98 Å². The molecule has 4 heteroatoms. The van der Waals surface area contributed by atoms with Crippen molar-refractivity contribution in [2.45, 2.75) is 26.2 Å². The lowest BCUT2D eigenvalue weighted by molar-refractivity contribution is -0.116. The minimum atomic E-state index is -0.0230. The number of carbonyl (C=O) groups is 1. The van der Waals surface area contributed by atoms with Crippen LogP contribution in [0.5, 0.6) is 0 Å². The average Bonchev–Trinajstić information content (AvgIpc) is 3.08. The Bertz CT molecular complexity index is 1030. The van der Waals surface area contributed by atoms with Gasteiger partial charge in [0.15, 0.2) is 5.13 Å². The van der Waals surface area contributed by atoms with Crippen LogP contribution in [0.3, 0.4) is 0 Å². The monoisotopic (exact) mass is 386 g/mol. The number of benzene rings is 3. The number of thiazole rings is 1. The highest BCUT2D eigenvalue weighted by atomic mass is 32.1. The third-order valence-electron chi connectivity index (χ3n) is 5.04. The zero-order chi connectivity index (χ0) is 19.5. The molecule has 0 aliphatic heterocycles. The predicted octanol–water partition coefficient (Wildman–Crippen LogP) is 6.07. The lowest BCUT2D eigenvalue weighted by atomic mass is 9.88. The van der Waals surface area contributed by atoms with Crippen molar-refractivity contribution < 1.29 is 4.79 Å². The summed E-state index contributed by atoms with van der Waals surface area (Å²) in [5.74, 6) is -0.00790. The second-order valence-electron chi connectivity index (χ2n) is 7.05. The Morgan fingerprint density at radius 2 is 1.50 bits per heavy atom.